The van der Waals surface area contributed by atoms with E-state index in [1.54, 1.807) is 0 Å². The molecule has 0 amide bonds. The highest BCUT2D eigenvalue weighted by Gasteiger charge is 2.51. The standard InChI is InChI=1S/C13H15F3O6S/c14-13(15,16)23(18,19)22-11-6-10(21-12(11)17)8-20-7-9-4-2-1-3-5-9/h1-5,10-12,17H,6-8H2/t10-,11?,12?/m1/s1. The van der Waals surface area contributed by atoms with E-state index in [1.807, 2.05) is 30.3 Å². The summed E-state index contributed by atoms with van der Waals surface area (Å²) >= 11 is 0. The number of benzene rings is 1. The van der Waals surface area contributed by atoms with Crippen LogP contribution in [0.15, 0.2) is 30.3 Å². The van der Waals surface area contributed by atoms with Crippen LogP contribution in [0, 0.1) is 0 Å². The fourth-order valence-corrected chi connectivity index (χ4v) is 2.62. The molecular weight excluding hydrogens is 341 g/mol. The molecule has 1 aliphatic rings. The zero-order chi connectivity index (χ0) is 17.1. The molecule has 3 atom stereocenters. The van der Waals surface area contributed by atoms with Crippen molar-refractivity contribution in [1.82, 2.24) is 0 Å². The van der Waals surface area contributed by atoms with Gasteiger partial charge in [0.2, 0.25) is 0 Å². The quantitative estimate of drug-likeness (QED) is 0.615. The summed E-state index contributed by atoms with van der Waals surface area (Å²) in [5.41, 5.74) is -4.66. The number of alkyl halides is 3. The molecule has 1 aromatic carbocycles. The molecule has 0 aromatic heterocycles. The van der Waals surface area contributed by atoms with Crippen molar-refractivity contribution in [3.63, 3.8) is 0 Å². The van der Waals surface area contributed by atoms with E-state index < -0.39 is 34.1 Å². The summed E-state index contributed by atoms with van der Waals surface area (Å²) in [7, 11) is -5.78. The minimum Gasteiger partial charge on any atom is -0.374 e. The lowest BCUT2D eigenvalue weighted by atomic mass is 10.2. The maximum atomic E-state index is 12.2. The van der Waals surface area contributed by atoms with Gasteiger partial charge in [-0.1, -0.05) is 30.3 Å². The van der Waals surface area contributed by atoms with Gasteiger partial charge >= 0.3 is 15.6 Å². The largest absolute Gasteiger partial charge is 0.523 e. The van der Waals surface area contributed by atoms with Gasteiger partial charge in [0.15, 0.2) is 6.29 Å². The fourth-order valence-electron chi connectivity index (χ4n) is 2.01. The number of rotatable bonds is 6. The lowest BCUT2D eigenvalue weighted by Crippen LogP contribution is -2.33. The Morgan fingerprint density at radius 1 is 1.26 bits per heavy atom. The van der Waals surface area contributed by atoms with E-state index >= 15 is 0 Å². The van der Waals surface area contributed by atoms with E-state index in [4.69, 9.17) is 9.47 Å². The molecule has 1 heterocycles. The topological polar surface area (TPSA) is 82.1 Å². The monoisotopic (exact) mass is 356 g/mol. The van der Waals surface area contributed by atoms with Crippen molar-refractivity contribution in [2.24, 2.45) is 0 Å². The van der Waals surface area contributed by atoms with Crippen molar-refractivity contribution < 1.29 is 40.4 Å². The number of ether oxygens (including phenoxy) is 2. The minimum absolute atomic E-state index is 0.0160. The molecule has 23 heavy (non-hydrogen) atoms. The third-order valence-corrected chi connectivity index (χ3v) is 4.16. The summed E-state index contributed by atoms with van der Waals surface area (Å²) in [5, 5.41) is 9.47. The molecule has 1 fully saturated rings. The number of aliphatic hydroxyl groups is 1. The highest BCUT2D eigenvalue weighted by Crippen LogP contribution is 2.30. The SMILES string of the molecule is O=S(=O)(OC1C[C@H](COCc2ccccc2)OC1O)C(F)(F)F. The summed E-state index contributed by atoms with van der Waals surface area (Å²) in [5.74, 6) is 0. The molecular formula is C13H15F3O6S. The summed E-state index contributed by atoms with van der Waals surface area (Å²) < 4.78 is 72.8. The normalized spacial score (nSPS) is 25.7. The van der Waals surface area contributed by atoms with Crippen LogP contribution in [0.25, 0.3) is 0 Å². The van der Waals surface area contributed by atoms with Crippen LogP contribution >= 0.6 is 0 Å². The van der Waals surface area contributed by atoms with Gasteiger partial charge in [0.05, 0.1) is 19.3 Å². The molecule has 0 radical (unpaired) electrons. The molecule has 1 saturated heterocycles. The Balaban J connectivity index is 1.82. The lowest BCUT2D eigenvalue weighted by Gasteiger charge is -2.14. The van der Waals surface area contributed by atoms with Crippen LogP contribution < -0.4 is 0 Å². The zero-order valence-electron chi connectivity index (χ0n) is 11.8. The Morgan fingerprint density at radius 2 is 1.91 bits per heavy atom. The molecule has 1 aromatic rings. The van der Waals surface area contributed by atoms with E-state index in [0.29, 0.717) is 0 Å². The molecule has 1 aliphatic heterocycles. The van der Waals surface area contributed by atoms with Crippen molar-refractivity contribution in [2.75, 3.05) is 6.61 Å². The first kappa shape index (κ1) is 18.1. The number of hydrogen-bond donors (Lipinski definition) is 1. The van der Waals surface area contributed by atoms with Crippen LogP contribution in [0.2, 0.25) is 0 Å². The van der Waals surface area contributed by atoms with Gasteiger partial charge in [0.25, 0.3) is 0 Å². The van der Waals surface area contributed by atoms with Crippen LogP contribution in [0.3, 0.4) is 0 Å². The summed E-state index contributed by atoms with van der Waals surface area (Å²) in [6.45, 7) is 0.237. The third kappa shape index (κ3) is 4.88. The Hall–Kier alpha value is -1.20. The molecule has 0 spiro atoms. The second-order valence-electron chi connectivity index (χ2n) is 4.92. The highest BCUT2D eigenvalue weighted by atomic mass is 32.2. The van der Waals surface area contributed by atoms with Gasteiger partial charge in [-0.25, -0.2) is 0 Å². The van der Waals surface area contributed by atoms with Crippen LogP contribution in [0.1, 0.15) is 12.0 Å². The Bertz CT molecular complexity index is 604. The fraction of sp³-hybridized carbons (Fsp3) is 0.538. The third-order valence-electron chi connectivity index (χ3n) is 3.09. The number of aliphatic hydroxyl groups excluding tert-OH is 1. The van der Waals surface area contributed by atoms with Crippen LogP contribution in [0.4, 0.5) is 13.2 Å². The van der Waals surface area contributed by atoms with Gasteiger partial charge in [-0.05, 0) is 5.56 Å². The van der Waals surface area contributed by atoms with Crippen molar-refractivity contribution in [3.05, 3.63) is 35.9 Å². The van der Waals surface area contributed by atoms with E-state index in [-0.39, 0.29) is 19.6 Å². The van der Waals surface area contributed by atoms with Crippen LogP contribution in [-0.2, 0) is 30.4 Å². The lowest BCUT2D eigenvalue weighted by molar-refractivity contribution is -0.136. The van der Waals surface area contributed by atoms with Crippen LogP contribution in [-0.4, -0.2) is 44.1 Å². The van der Waals surface area contributed by atoms with Gasteiger partial charge in [-0.15, -0.1) is 0 Å². The van der Waals surface area contributed by atoms with Crippen molar-refractivity contribution in [2.45, 2.75) is 37.0 Å². The van der Waals surface area contributed by atoms with Crippen molar-refractivity contribution in [1.29, 1.82) is 0 Å². The Morgan fingerprint density at radius 3 is 2.52 bits per heavy atom. The average Bonchev–Trinajstić information content (AvgIpc) is 2.78. The molecule has 6 nitrogen and oxygen atoms in total. The van der Waals surface area contributed by atoms with E-state index in [0.717, 1.165) is 5.56 Å². The molecule has 10 heteroatoms. The number of hydrogen-bond acceptors (Lipinski definition) is 6. The van der Waals surface area contributed by atoms with Gasteiger partial charge in [-0.3, -0.25) is 4.18 Å². The Labute approximate surface area is 130 Å². The summed E-state index contributed by atoms with van der Waals surface area (Å²) in [4.78, 5) is 0. The van der Waals surface area contributed by atoms with Crippen LogP contribution in [0.5, 0.6) is 0 Å². The zero-order valence-corrected chi connectivity index (χ0v) is 12.6. The second-order valence-corrected chi connectivity index (χ2v) is 6.48. The molecule has 130 valence electrons. The summed E-state index contributed by atoms with van der Waals surface area (Å²) in [6.07, 6.45) is -4.38. The van der Waals surface area contributed by atoms with E-state index in [9.17, 15) is 26.7 Å². The molecule has 2 rings (SSSR count). The van der Waals surface area contributed by atoms with Crippen molar-refractivity contribution in [3.8, 4) is 0 Å². The first-order valence-electron chi connectivity index (χ1n) is 6.64. The molecule has 0 bridgehead atoms. The highest BCUT2D eigenvalue weighted by molar-refractivity contribution is 7.87. The van der Waals surface area contributed by atoms with E-state index in [2.05, 4.69) is 4.18 Å². The Kier molecular flexibility index (Phi) is 5.63. The molecule has 2 unspecified atom stereocenters. The average molecular weight is 356 g/mol. The van der Waals surface area contributed by atoms with Gasteiger partial charge in [-0.2, -0.15) is 21.6 Å². The van der Waals surface area contributed by atoms with E-state index in [1.165, 1.54) is 0 Å². The minimum atomic E-state index is -5.78. The molecule has 1 N–H and O–H groups in total. The van der Waals surface area contributed by atoms with Crippen molar-refractivity contribution >= 4 is 10.1 Å². The van der Waals surface area contributed by atoms with Gasteiger partial charge < -0.3 is 14.6 Å². The van der Waals surface area contributed by atoms with Gasteiger partial charge in [0, 0.05) is 6.42 Å². The predicted molar refractivity (Wildman–Crippen MR) is 71.4 cm³/mol. The molecule has 0 aliphatic carbocycles. The molecule has 0 saturated carbocycles. The predicted octanol–water partition coefficient (Wildman–Crippen LogP) is 1.55. The first-order valence-corrected chi connectivity index (χ1v) is 8.04. The number of halogens is 3. The smallest absolute Gasteiger partial charge is 0.374 e. The summed E-state index contributed by atoms with van der Waals surface area (Å²) in [6, 6.07) is 9.13. The maximum absolute atomic E-state index is 12.2. The second kappa shape index (κ2) is 7.14. The van der Waals surface area contributed by atoms with Gasteiger partial charge in [0.1, 0.15) is 6.10 Å². The first-order chi connectivity index (χ1) is 10.7. The maximum Gasteiger partial charge on any atom is 0.523 e.